The van der Waals surface area contributed by atoms with Crippen molar-refractivity contribution in [2.75, 3.05) is 0 Å². The Kier molecular flexibility index (Phi) is 5.47. The Morgan fingerprint density at radius 3 is 2.58 bits per heavy atom. The van der Waals surface area contributed by atoms with E-state index in [1.165, 1.54) is 12.1 Å². The predicted molar refractivity (Wildman–Crippen MR) is 93.4 cm³/mol. The van der Waals surface area contributed by atoms with E-state index in [9.17, 15) is 14.9 Å². The summed E-state index contributed by atoms with van der Waals surface area (Å²) < 4.78 is 5.70. The maximum absolute atomic E-state index is 12.3. The largest absolute Gasteiger partial charge is 0.490 e. The van der Waals surface area contributed by atoms with Crippen LogP contribution in [0.5, 0.6) is 5.75 Å². The second kappa shape index (κ2) is 7.55. The van der Waals surface area contributed by atoms with E-state index < -0.39 is 4.92 Å². The lowest BCUT2D eigenvalue weighted by molar-refractivity contribution is -0.385. The molecule has 0 aromatic heterocycles. The van der Waals surface area contributed by atoms with Crippen molar-refractivity contribution in [3.05, 3.63) is 75.3 Å². The first-order chi connectivity index (χ1) is 11.4. The number of carbonyl (C=O) groups excluding carboxylic acids is 1. The Balaban J connectivity index is 2.26. The zero-order chi connectivity index (χ0) is 17.7. The number of ether oxygens (including phenoxy) is 1. The molecule has 0 fully saturated rings. The summed E-state index contributed by atoms with van der Waals surface area (Å²) >= 11 is 0. The molecular weight excluding hydrogens is 306 g/mol. The maximum atomic E-state index is 12.3. The highest BCUT2D eigenvalue weighted by molar-refractivity contribution is 6.07. The van der Waals surface area contributed by atoms with E-state index in [2.05, 4.69) is 0 Å². The highest BCUT2D eigenvalue weighted by Crippen LogP contribution is 2.22. The molecule has 5 heteroatoms. The number of hydrogen-bond acceptors (Lipinski definition) is 4. The lowest BCUT2D eigenvalue weighted by Crippen LogP contribution is -2.06. The third kappa shape index (κ3) is 4.29. The highest BCUT2D eigenvalue weighted by Gasteiger charge is 2.13. The molecule has 0 bridgehead atoms. The van der Waals surface area contributed by atoms with Crippen LogP contribution in [0.25, 0.3) is 6.08 Å². The van der Waals surface area contributed by atoms with Gasteiger partial charge in [0.1, 0.15) is 5.75 Å². The minimum Gasteiger partial charge on any atom is -0.490 e. The van der Waals surface area contributed by atoms with Crippen LogP contribution in [-0.2, 0) is 0 Å². The topological polar surface area (TPSA) is 69.4 Å². The average molecular weight is 325 g/mol. The molecule has 0 saturated carbocycles. The zero-order valence-electron chi connectivity index (χ0n) is 13.9. The maximum Gasteiger partial charge on any atom is 0.273 e. The van der Waals surface area contributed by atoms with Crippen molar-refractivity contribution >= 4 is 17.5 Å². The Hall–Kier alpha value is -2.95. The molecule has 5 nitrogen and oxygen atoms in total. The van der Waals surface area contributed by atoms with Gasteiger partial charge in [-0.1, -0.05) is 30.3 Å². The van der Waals surface area contributed by atoms with E-state index in [1.807, 2.05) is 38.1 Å². The molecule has 0 radical (unpaired) electrons. The molecule has 2 aromatic carbocycles. The highest BCUT2D eigenvalue weighted by atomic mass is 16.6. The van der Waals surface area contributed by atoms with Crippen molar-refractivity contribution in [3.63, 3.8) is 0 Å². The van der Waals surface area contributed by atoms with Crippen LogP contribution in [-0.4, -0.2) is 16.8 Å². The summed E-state index contributed by atoms with van der Waals surface area (Å²) in [5.41, 5.74) is 1.53. The van der Waals surface area contributed by atoms with Crippen molar-refractivity contribution in [2.45, 2.75) is 26.9 Å². The first-order valence-corrected chi connectivity index (χ1v) is 7.61. The van der Waals surface area contributed by atoms with Crippen LogP contribution >= 0.6 is 0 Å². The summed E-state index contributed by atoms with van der Waals surface area (Å²) in [6.07, 6.45) is 3.08. The molecule has 2 aromatic rings. The first-order valence-electron chi connectivity index (χ1n) is 7.61. The normalized spacial score (nSPS) is 11.0. The number of nitrogens with zero attached hydrogens (tertiary/aromatic N) is 1. The number of rotatable bonds is 6. The van der Waals surface area contributed by atoms with Gasteiger partial charge in [-0.2, -0.15) is 0 Å². The Labute approximate surface area is 140 Å². The Morgan fingerprint density at radius 1 is 1.21 bits per heavy atom. The Bertz CT molecular complexity index is 794. The van der Waals surface area contributed by atoms with E-state index in [-0.39, 0.29) is 23.1 Å². The minimum atomic E-state index is -0.485. The van der Waals surface area contributed by atoms with Gasteiger partial charge in [-0.15, -0.1) is 0 Å². The predicted octanol–water partition coefficient (Wildman–Crippen LogP) is 4.59. The van der Waals surface area contributed by atoms with Gasteiger partial charge in [0, 0.05) is 22.8 Å². The zero-order valence-corrected chi connectivity index (χ0v) is 13.9. The van der Waals surface area contributed by atoms with Gasteiger partial charge in [-0.05, 0) is 39.0 Å². The van der Waals surface area contributed by atoms with Gasteiger partial charge in [0.15, 0.2) is 5.78 Å². The number of allylic oxidation sites excluding steroid dienone is 1. The summed E-state index contributed by atoms with van der Waals surface area (Å²) in [6, 6.07) is 11.9. The quantitative estimate of drug-likeness (QED) is 0.337. The number of hydrogen-bond donors (Lipinski definition) is 0. The summed E-state index contributed by atoms with van der Waals surface area (Å²) in [5, 5.41) is 11.0. The molecule has 24 heavy (non-hydrogen) atoms. The average Bonchev–Trinajstić information content (AvgIpc) is 2.53. The van der Waals surface area contributed by atoms with Gasteiger partial charge in [0.2, 0.25) is 0 Å². The third-order valence-corrected chi connectivity index (χ3v) is 3.39. The Morgan fingerprint density at radius 2 is 1.92 bits per heavy atom. The summed E-state index contributed by atoms with van der Waals surface area (Å²) in [4.78, 5) is 22.8. The van der Waals surface area contributed by atoms with Crippen LogP contribution in [0.1, 0.15) is 35.3 Å². The van der Waals surface area contributed by atoms with Crippen molar-refractivity contribution in [1.29, 1.82) is 0 Å². The van der Waals surface area contributed by atoms with Crippen LogP contribution in [0.2, 0.25) is 0 Å². The molecule has 0 aliphatic carbocycles. The van der Waals surface area contributed by atoms with E-state index in [0.717, 1.165) is 5.56 Å². The second-order valence-electron chi connectivity index (χ2n) is 5.66. The van der Waals surface area contributed by atoms with E-state index in [4.69, 9.17) is 4.74 Å². The summed E-state index contributed by atoms with van der Waals surface area (Å²) in [7, 11) is 0. The standard InChI is InChI=1S/C19H19NO4/c1-13(2)24-19-7-5-4-6-15(19)10-11-18(21)16-9-8-14(3)17(12-16)20(22)23/h4-13H,1-3H3/b11-10+. The number of nitro groups is 1. The SMILES string of the molecule is Cc1ccc(C(=O)/C=C/c2ccccc2OC(C)C)cc1[N+](=O)[O-]. The summed E-state index contributed by atoms with van der Waals surface area (Å²) in [5.74, 6) is 0.392. The monoisotopic (exact) mass is 325 g/mol. The van der Waals surface area contributed by atoms with Crippen molar-refractivity contribution in [1.82, 2.24) is 0 Å². The number of ketones is 1. The molecule has 0 amide bonds. The summed E-state index contributed by atoms with van der Waals surface area (Å²) in [6.45, 7) is 5.50. The van der Waals surface area contributed by atoms with Gasteiger partial charge < -0.3 is 4.74 Å². The molecule has 0 aliphatic heterocycles. The smallest absolute Gasteiger partial charge is 0.273 e. The number of para-hydroxylation sites is 1. The number of aryl methyl sites for hydroxylation is 1. The second-order valence-corrected chi connectivity index (χ2v) is 5.66. The van der Waals surface area contributed by atoms with Gasteiger partial charge in [-0.3, -0.25) is 14.9 Å². The molecule has 0 spiro atoms. The molecule has 0 aliphatic rings. The van der Waals surface area contributed by atoms with Gasteiger partial charge in [0.05, 0.1) is 11.0 Å². The molecule has 124 valence electrons. The fraction of sp³-hybridized carbons (Fsp3) is 0.211. The van der Waals surface area contributed by atoms with E-state index in [0.29, 0.717) is 11.3 Å². The molecule has 0 saturated heterocycles. The van der Waals surface area contributed by atoms with E-state index >= 15 is 0 Å². The van der Waals surface area contributed by atoms with E-state index in [1.54, 1.807) is 25.1 Å². The van der Waals surface area contributed by atoms with Crippen molar-refractivity contribution in [3.8, 4) is 5.75 Å². The fourth-order valence-corrected chi connectivity index (χ4v) is 2.20. The van der Waals surface area contributed by atoms with Gasteiger partial charge in [0.25, 0.3) is 5.69 Å². The van der Waals surface area contributed by atoms with Crippen LogP contribution in [0.15, 0.2) is 48.5 Å². The van der Waals surface area contributed by atoms with Crippen LogP contribution in [0.4, 0.5) is 5.69 Å². The molecule has 0 atom stereocenters. The van der Waals surface area contributed by atoms with Crippen LogP contribution < -0.4 is 4.74 Å². The number of carbonyl (C=O) groups is 1. The molecule has 0 N–H and O–H groups in total. The van der Waals surface area contributed by atoms with Gasteiger partial charge in [-0.25, -0.2) is 0 Å². The minimum absolute atomic E-state index is 0.0231. The molecular formula is C19H19NO4. The van der Waals surface area contributed by atoms with Gasteiger partial charge >= 0.3 is 0 Å². The lowest BCUT2D eigenvalue weighted by Gasteiger charge is -2.11. The molecule has 0 heterocycles. The van der Waals surface area contributed by atoms with Crippen LogP contribution in [0, 0.1) is 17.0 Å². The fourth-order valence-electron chi connectivity index (χ4n) is 2.20. The number of nitro benzene ring substituents is 1. The van der Waals surface area contributed by atoms with Crippen LogP contribution in [0.3, 0.4) is 0 Å². The molecule has 0 unspecified atom stereocenters. The molecule has 2 rings (SSSR count). The first kappa shape index (κ1) is 17.4. The third-order valence-electron chi connectivity index (χ3n) is 3.39. The number of benzene rings is 2. The van der Waals surface area contributed by atoms with Crippen molar-refractivity contribution in [2.24, 2.45) is 0 Å². The van der Waals surface area contributed by atoms with Crippen molar-refractivity contribution < 1.29 is 14.5 Å². The lowest BCUT2D eigenvalue weighted by atomic mass is 10.1.